The molecule has 1 fully saturated rings. The fourth-order valence-electron chi connectivity index (χ4n) is 1.95. The van der Waals surface area contributed by atoms with Crippen molar-refractivity contribution < 1.29 is 13.2 Å². The molecule has 1 saturated carbocycles. The molecule has 1 amide bonds. The molecule has 0 aromatic heterocycles. The number of nitrogens with one attached hydrogen (secondary N) is 2. The molecule has 5 nitrogen and oxygen atoms in total. The fraction of sp³-hybridized carbons (Fsp3) is 0.533. The predicted octanol–water partition coefficient (Wildman–Crippen LogP) is 2.05. The summed E-state index contributed by atoms with van der Waals surface area (Å²) < 4.78 is 26.6. The van der Waals surface area contributed by atoms with Crippen molar-refractivity contribution in [3.63, 3.8) is 0 Å². The van der Waals surface area contributed by atoms with Crippen LogP contribution in [0.3, 0.4) is 0 Å². The second kappa shape index (κ2) is 7.04. The minimum absolute atomic E-state index is 0.0801. The van der Waals surface area contributed by atoms with Gasteiger partial charge in [-0.25, -0.2) is 13.1 Å². The van der Waals surface area contributed by atoms with Gasteiger partial charge >= 0.3 is 0 Å². The van der Waals surface area contributed by atoms with Crippen molar-refractivity contribution in [1.29, 1.82) is 0 Å². The summed E-state index contributed by atoms with van der Waals surface area (Å²) in [6.45, 7) is 2.76. The van der Waals surface area contributed by atoms with Crippen LogP contribution in [0, 0.1) is 0 Å². The van der Waals surface area contributed by atoms with E-state index in [1.165, 1.54) is 12.1 Å². The van der Waals surface area contributed by atoms with Crippen LogP contribution in [-0.4, -0.2) is 26.9 Å². The maximum Gasteiger partial charge on any atom is 0.251 e. The minimum atomic E-state index is -3.45. The van der Waals surface area contributed by atoms with Crippen LogP contribution in [0.5, 0.6) is 0 Å². The van der Waals surface area contributed by atoms with Gasteiger partial charge in [-0.3, -0.25) is 4.79 Å². The Kier molecular flexibility index (Phi) is 5.36. The molecule has 0 atom stereocenters. The summed E-state index contributed by atoms with van der Waals surface area (Å²) >= 11 is 0. The third kappa shape index (κ3) is 4.82. The van der Waals surface area contributed by atoms with E-state index in [1.807, 2.05) is 0 Å². The SMILES string of the molecule is CCCCCNC(=O)c1ccc(S(=O)(=O)NC2CC2)cc1. The standard InChI is InChI=1S/C15H22N2O3S/c1-2-3-4-11-16-15(18)12-5-9-14(10-6-12)21(19,20)17-13-7-8-13/h5-6,9-10,13,17H,2-4,7-8,11H2,1H3,(H,16,18). The number of unbranched alkanes of at least 4 members (excludes halogenated alkanes) is 2. The van der Waals surface area contributed by atoms with E-state index in [1.54, 1.807) is 12.1 Å². The Labute approximate surface area is 126 Å². The van der Waals surface area contributed by atoms with Crippen molar-refractivity contribution >= 4 is 15.9 Å². The summed E-state index contributed by atoms with van der Waals surface area (Å²) in [7, 11) is -3.45. The smallest absolute Gasteiger partial charge is 0.251 e. The van der Waals surface area contributed by atoms with Crippen molar-refractivity contribution in [1.82, 2.24) is 10.0 Å². The zero-order valence-corrected chi connectivity index (χ0v) is 13.1. The summed E-state index contributed by atoms with van der Waals surface area (Å²) in [6, 6.07) is 6.14. The molecule has 1 aromatic carbocycles. The number of hydrogen-bond acceptors (Lipinski definition) is 3. The Morgan fingerprint density at radius 1 is 1.19 bits per heavy atom. The molecule has 0 bridgehead atoms. The van der Waals surface area contributed by atoms with Gasteiger partial charge in [0.05, 0.1) is 4.90 Å². The number of benzene rings is 1. The van der Waals surface area contributed by atoms with Crippen molar-refractivity contribution in [3.05, 3.63) is 29.8 Å². The molecule has 6 heteroatoms. The number of hydrogen-bond donors (Lipinski definition) is 2. The molecule has 0 radical (unpaired) electrons. The van der Waals surface area contributed by atoms with Crippen LogP contribution in [0.1, 0.15) is 49.4 Å². The van der Waals surface area contributed by atoms with Gasteiger partial charge in [0.15, 0.2) is 0 Å². The monoisotopic (exact) mass is 310 g/mol. The van der Waals surface area contributed by atoms with E-state index < -0.39 is 10.0 Å². The predicted molar refractivity (Wildman–Crippen MR) is 81.6 cm³/mol. The first-order chi connectivity index (χ1) is 10.0. The highest BCUT2D eigenvalue weighted by molar-refractivity contribution is 7.89. The lowest BCUT2D eigenvalue weighted by atomic mass is 10.2. The molecule has 0 heterocycles. The van der Waals surface area contributed by atoms with Crippen LogP contribution in [0.2, 0.25) is 0 Å². The van der Waals surface area contributed by atoms with Gasteiger partial charge in [0.25, 0.3) is 5.91 Å². The van der Waals surface area contributed by atoms with Gasteiger partial charge in [-0.1, -0.05) is 19.8 Å². The van der Waals surface area contributed by atoms with E-state index in [0.29, 0.717) is 12.1 Å². The largest absolute Gasteiger partial charge is 0.352 e. The second-order valence-electron chi connectivity index (χ2n) is 5.38. The van der Waals surface area contributed by atoms with Gasteiger partial charge in [0.2, 0.25) is 10.0 Å². The van der Waals surface area contributed by atoms with Gasteiger partial charge in [-0.05, 0) is 43.5 Å². The van der Waals surface area contributed by atoms with Crippen LogP contribution < -0.4 is 10.0 Å². The summed E-state index contributed by atoms with van der Waals surface area (Å²) in [6.07, 6.45) is 4.95. The van der Waals surface area contributed by atoms with Gasteiger partial charge in [-0.15, -0.1) is 0 Å². The van der Waals surface area contributed by atoms with E-state index in [0.717, 1.165) is 32.1 Å². The first kappa shape index (κ1) is 16.0. The highest BCUT2D eigenvalue weighted by Gasteiger charge is 2.27. The maximum absolute atomic E-state index is 12.0. The lowest BCUT2D eigenvalue weighted by molar-refractivity contribution is 0.0953. The van der Waals surface area contributed by atoms with Gasteiger partial charge < -0.3 is 5.32 Å². The molecular weight excluding hydrogens is 288 g/mol. The molecule has 21 heavy (non-hydrogen) atoms. The molecule has 0 spiro atoms. The fourth-order valence-corrected chi connectivity index (χ4v) is 3.26. The summed E-state index contributed by atoms with van der Waals surface area (Å²) in [5.41, 5.74) is 0.483. The Hall–Kier alpha value is -1.40. The summed E-state index contributed by atoms with van der Waals surface area (Å²) in [5, 5.41) is 2.83. The topological polar surface area (TPSA) is 75.3 Å². The molecule has 2 rings (SSSR count). The number of amides is 1. The van der Waals surface area contributed by atoms with Crippen LogP contribution in [0.4, 0.5) is 0 Å². The molecule has 2 N–H and O–H groups in total. The summed E-state index contributed by atoms with van der Waals surface area (Å²) in [4.78, 5) is 12.1. The number of carbonyl (C=O) groups is 1. The van der Waals surface area contributed by atoms with Crippen LogP contribution in [0.15, 0.2) is 29.2 Å². The van der Waals surface area contributed by atoms with E-state index in [4.69, 9.17) is 0 Å². The van der Waals surface area contributed by atoms with Crippen molar-refractivity contribution in [2.75, 3.05) is 6.54 Å². The number of carbonyl (C=O) groups excluding carboxylic acids is 1. The Bertz CT molecular complexity index is 577. The van der Waals surface area contributed by atoms with Gasteiger partial charge in [0.1, 0.15) is 0 Å². The van der Waals surface area contributed by atoms with E-state index >= 15 is 0 Å². The quantitative estimate of drug-likeness (QED) is 0.722. The van der Waals surface area contributed by atoms with E-state index in [2.05, 4.69) is 17.0 Å². The zero-order valence-electron chi connectivity index (χ0n) is 12.3. The van der Waals surface area contributed by atoms with E-state index in [9.17, 15) is 13.2 Å². The van der Waals surface area contributed by atoms with Crippen LogP contribution in [-0.2, 0) is 10.0 Å². The molecule has 0 saturated heterocycles. The number of rotatable bonds is 8. The molecular formula is C15H22N2O3S. The molecule has 1 aromatic rings. The maximum atomic E-state index is 12.0. The highest BCUT2D eigenvalue weighted by Crippen LogP contribution is 2.22. The zero-order chi connectivity index (χ0) is 15.3. The van der Waals surface area contributed by atoms with Crippen LogP contribution in [0.25, 0.3) is 0 Å². The number of sulfonamides is 1. The Balaban J connectivity index is 1.93. The first-order valence-electron chi connectivity index (χ1n) is 7.43. The minimum Gasteiger partial charge on any atom is -0.352 e. The average Bonchev–Trinajstić information content (AvgIpc) is 3.27. The first-order valence-corrected chi connectivity index (χ1v) is 8.92. The lowest BCUT2D eigenvalue weighted by Gasteiger charge is -2.07. The summed E-state index contributed by atoms with van der Waals surface area (Å²) in [5.74, 6) is -0.162. The van der Waals surface area contributed by atoms with Crippen LogP contribution >= 0.6 is 0 Å². The van der Waals surface area contributed by atoms with Gasteiger partial charge in [-0.2, -0.15) is 0 Å². The van der Waals surface area contributed by atoms with Crippen molar-refractivity contribution in [2.24, 2.45) is 0 Å². The molecule has 0 aliphatic heterocycles. The van der Waals surface area contributed by atoms with Gasteiger partial charge in [0, 0.05) is 18.2 Å². The third-order valence-electron chi connectivity index (χ3n) is 3.39. The third-order valence-corrected chi connectivity index (χ3v) is 4.93. The Morgan fingerprint density at radius 2 is 1.86 bits per heavy atom. The molecule has 116 valence electrons. The molecule has 1 aliphatic rings. The normalized spacial score (nSPS) is 14.9. The van der Waals surface area contributed by atoms with Crippen molar-refractivity contribution in [2.45, 2.75) is 50.0 Å². The highest BCUT2D eigenvalue weighted by atomic mass is 32.2. The molecule has 1 aliphatic carbocycles. The lowest BCUT2D eigenvalue weighted by Crippen LogP contribution is -2.26. The molecule has 0 unspecified atom stereocenters. The average molecular weight is 310 g/mol. The Morgan fingerprint density at radius 3 is 2.43 bits per heavy atom. The second-order valence-corrected chi connectivity index (χ2v) is 7.10. The van der Waals surface area contributed by atoms with Crippen molar-refractivity contribution in [3.8, 4) is 0 Å². The van der Waals surface area contributed by atoms with E-state index in [-0.39, 0.29) is 16.8 Å².